The van der Waals surface area contributed by atoms with Crippen molar-refractivity contribution in [2.75, 3.05) is 33.5 Å². The fourth-order valence-electron chi connectivity index (χ4n) is 1.05. The van der Waals surface area contributed by atoms with Crippen molar-refractivity contribution < 1.29 is 19.3 Å². The molecule has 16 heavy (non-hydrogen) atoms. The van der Waals surface area contributed by atoms with Gasteiger partial charge in [-0.1, -0.05) is 0 Å². The summed E-state index contributed by atoms with van der Waals surface area (Å²) in [6.45, 7) is 2.10. The van der Waals surface area contributed by atoms with Gasteiger partial charge in [0.2, 0.25) is 0 Å². The van der Waals surface area contributed by atoms with Crippen molar-refractivity contribution in [3.8, 4) is 5.75 Å². The molecule has 1 aromatic rings. The number of rotatable bonds is 8. The maximum absolute atomic E-state index is 8.79. The second kappa shape index (κ2) is 8.04. The van der Waals surface area contributed by atoms with E-state index in [4.69, 9.17) is 19.3 Å². The highest BCUT2D eigenvalue weighted by Crippen LogP contribution is 2.08. The molecule has 0 bridgehead atoms. The molecule has 90 valence electrons. The Labute approximate surface area is 95.0 Å². The van der Waals surface area contributed by atoms with Gasteiger partial charge in [0.1, 0.15) is 12.4 Å². The molecule has 0 aliphatic heterocycles. The highest BCUT2D eigenvalue weighted by atomic mass is 16.5. The number of aromatic nitrogens is 1. The number of hydrogen-bond donors (Lipinski definition) is 1. The summed E-state index contributed by atoms with van der Waals surface area (Å²) < 4.78 is 15.4. The molecular formula is C11H17NO4. The molecule has 0 saturated heterocycles. The molecule has 0 saturated carbocycles. The first-order chi connectivity index (χ1) is 7.86. The molecule has 0 fully saturated rings. The van der Waals surface area contributed by atoms with Crippen LogP contribution in [0, 0.1) is 0 Å². The number of nitrogens with zero attached hydrogens (tertiary/aromatic N) is 1. The van der Waals surface area contributed by atoms with Gasteiger partial charge < -0.3 is 19.3 Å². The number of aliphatic hydroxyl groups excluding tert-OH is 1. The van der Waals surface area contributed by atoms with Gasteiger partial charge in [-0.2, -0.15) is 0 Å². The maximum atomic E-state index is 8.79. The lowest BCUT2D eigenvalue weighted by molar-refractivity contribution is 0.0543. The van der Waals surface area contributed by atoms with Gasteiger partial charge in [-0.25, -0.2) is 0 Å². The second-order valence-corrected chi connectivity index (χ2v) is 3.10. The van der Waals surface area contributed by atoms with E-state index in [9.17, 15) is 0 Å². The van der Waals surface area contributed by atoms with Crippen LogP contribution in [0.25, 0.3) is 0 Å². The molecule has 5 nitrogen and oxygen atoms in total. The topological polar surface area (TPSA) is 60.8 Å². The first kappa shape index (κ1) is 12.9. The fourth-order valence-corrected chi connectivity index (χ4v) is 1.05. The van der Waals surface area contributed by atoms with Crippen LogP contribution in [0.1, 0.15) is 5.69 Å². The second-order valence-electron chi connectivity index (χ2n) is 3.10. The van der Waals surface area contributed by atoms with Gasteiger partial charge in [-0.15, -0.1) is 0 Å². The van der Waals surface area contributed by atoms with E-state index in [0.29, 0.717) is 37.9 Å². The summed E-state index contributed by atoms with van der Waals surface area (Å²) in [7, 11) is 1.63. The van der Waals surface area contributed by atoms with E-state index in [0.717, 1.165) is 0 Å². The number of methoxy groups -OCH3 is 1. The predicted octanol–water partition coefficient (Wildman–Crippen LogP) is 0.616. The molecule has 0 aliphatic carbocycles. The third-order valence-electron chi connectivity index (χ3n) is 1.89. The Morgan fingerprint density at radius 3 is 2.62 bits per heavy atom. The number of hydrogen-bond acceptors (Lipinski definition) is 5. The lowest BCUT2D eigenvalue weighted by atomic mass is 10.3. The molecule has 0 unspecified atom stereocenters. The summed E-state index contributed by atoms with van der Waals surface area (Å²) in [5.74, 6) is 0.674. The third kappa shape index (κ3) is 5.06. The van der Waals surface area contributed by atoms with Crippen LogP contribution < -0.4 is 4.74 Å². The summed E-state index contributed by atoms with van der Waals surface area (Å²) in [4.78, 5) is 3.99. The smallest absolute Gasteiger partial charge is 0.137 e. The molecule has 1 aromatic heterocycles. The molecule has 1 heterocycles. The molecule has 0 atom stereocenters. The molecule has 1 rings (SSSR count). The van der Waals surface area contributed by atoms with Crippen molar-refractivity contribution in [2.45, 2.75) is 6.61 Å². The Balaban J connectivity index is 2.12. The lowest BCUT2D eigenvalue weighted by Crippen LogP contribution is -2.10. The number of aliphatic hydroxyl groups is 1. The normalized spacial score (nSPS) is 10.4. The summed E-state index contributed by atoms with van der Waals surface area (Å²) in [5, 5.41) is 8.79. The Morgan fingerprint density at radius 2 is 2.00 bits per heavy atom. The molecule has 0 aliphatic rings. The molecule has 0 radical (unpaired) electrons. The first-order valence-electron chi connectivity index (χ1n) is 5.12. The van der Waals surface area contributed by atoms with Crippen molar-refractivity contribution in [2.24, 2.45) is 0 Å². The van der Waals surface area contributed by atoms with Crippen molar-refractivity contribution in [1.29, 1.82) is 0 Å². The zero-order valence-corrected chi connectivity index (χ0v) is 9.39. The van der Waals surface area contributed by atoms with Crippen LogP contribution >= 0.6 is 0 Å². The van der Waals surface area contributed by atoms with Gasteiger partial charge in [0, 0.05) is 7.11 Å². The maximum Gasteiger partial charge on any atom is 0.137 e. The van der Waals surface area contributed by atoms with E-state index >= 15 is 0 Å². The molecule has 0 amide bonds. The highest BCUT2D eigenvalue weighted by molar-refractivity contribution is 5.19. The van der Waals surface area contributed by atoms with Crippen LogP contribution in [0.4, 0.5) is 0 Å². The lowest BCUT2D eigenvalue weighted by Gasteiger charge is -2.06. The van der Waals surface area contributed by atoms with Crippen LogP contribution in [0.3, 0.4) is 0 Å². The minimum absolute atomic E-state index is 0.0551. The highest BCUT2D eigenvalue weighted by Gasteiger charge is 1.95. The Kier molecular flexibility index (Phi) is 6.48. The van der Waals surface area contributed by atoms with Crippen molar-refractivity contribution in [3.63, 3.8) is 0 Å². The van der Waals surface area contributed by atoms with E-state index < -0.39 is 0 Å². The van der Waals surface area contributed by atoms with Gasteiger partial charge in [0.05, 0.1) is 38.3 Å². The summed E-state index contributed by atoms with van der Waals surface area (Å²) in [5.41, 5.74) is 0.628. The average Bonchev–Trinajstić information content (AvgIpc) is 2.34. The fraction of sp³-hybridized carbons (Fsp3) is 0.545. The first-order valence-corrected chi connectivity index (χ1v) is 5.12. The van der Waals surface area contributed by atoms with E-state index in [1.54, 1.807) is 25.4 Å². The predicted molar refractivity (Wildman–Crippen MR) is 58.3 cm³/mol. The van der Waals surface area contributed by atoms with Crippen molar-refractivity contribution >= 4 is 0 Å². The monoisotopic (exact) mass is 227 g/mol. The van der Waals surface area contributed by atoms with Crippen LogP contribution in [0.15, 0.2) is 18.3 Å². The van der Waals surface area contributed by atoms with Gasteiger partial charge in [-0.05, 0) is 12.1 Å². The molecular weight excluding hydrogens is 210 g/mol. The quantitative estimate of drug-likeness (QED) is 0.659. The minimum atomic E-state index is -0.0551. The van der Waals surface area contributed by atoms with Crippen LogP contribution in [-0.4, -0.2) is 43.6 Å². The largest absolute Gasteiger partial charge is 0.490 e. The van der Waals surface area contributed by atoms with Crippen LogP contribution in [-0.2, 0) is 16.1 Å². The third-order valence-corrected chi connectivity index (χ3v) is 1.89. The summed E-state index contributed by atoms with van der Waals surface area (Å²) in [6, 6.07) is 3.49. The average molecular weight is 227 g/mol. The molecule has 0 spiro atoms. The summed E-state index contributed by atoms with van der Waals surface area (Å²) >= 11 is 0. The number of pyridine rings is 1. The van der Waals surface area contributed by atoms with Crippen LogP contribution in [0.2, 0.25) is 0 Å². The Hall–Kier alpha value is -1.17. The minimum Gasteiger partial charge on any atom is -0.490 e. The van der Waals surface area contributed by atoms with Gasteiger partial charge in [0.25, 0.3) is 0 Å². The molecule has 0 aromatic carbocycles. The van der Waals surface area contributed by atoms with Crippen molar-refractivity contribution in [1.82, 2.24) is 4.98 Å². The Bertz CT molecular complexity index is 276. The van der Waals surface area contributed by atoms with Gasteiger partial charge in [0.15, 0.2) is 0 Å². The van der Waals surface area contributed by atoms with Crippen molar-refractivity contribution in [3.05, 3.63) is 24.0 Å². The SMILES string of the molecule is COCCOCCOc1ccc(CO)nc1. The van der Waals surface area contributed by atoms with E-state index in [-0.39, 0.29) is 6.61 Å². The standard InChI is InChI=1S/C11H17NO4/c1-14-4-5-15-6-7-16-11-3-2-10(9-13)12-8-11/h2-3,8,13H,4-7,9H2,1H3. The van der Waals surface area contributed by atoms with Gasteiger partial charge in [-0.3, -0.25) is 4.98 Å². The van der Waals surface area contributed by atoms with E-state index in [1.165, 1.54) is 0 Å². The van der Waals surface area contributed by atoms with E-state index in [1.807, 2.05) is 0 Å². The van der Waals surface area contributed by atoms with Crippen LogP contribution in [0.5, 0.6) is 5.75 Å². The summed E-state index contributed by atoms with van der Waals surface area (Å²) in [6.07, 6.45) is 1.58. The molecule has 5 heteroatoms. The van der Waals surface area contributed by atoms with Gasteiger partial charge >= 0.3 is 0 Å². The Morgan fingerprint density at radius 1 is 1.19 bits per heavy atom. The molecule has 1 N–H and O–H groups in total. The zero-order chi connectivity index (χ0) is 11.6. The van der Waals surface area contributed by atoms with E-state index in [2.05, 4.69) is 4.98 Å². The zero-order valence-electron chi connectivity index (χ0n) is 9.39. The number of ether oxygens (including phenoxy) is 3.